The Kier molecular flexibility index (Phi) is 5.26. The minimum Gasteiger partial charge on any atom is -0.361 e. The summed E-state index contributed by atoms with van der Waals surface area (Å²) < 4.78 is 2.01. The summed E-state index contributed by atoms with van der Waals surface area (Å²) in [5.41, 5.74) is 1.85. The molecule has 104 valence electrons. The first-order valence-electron chi connectivity index (χ1n) is 6.27. The summed E-state index contributed by atoms with van der Waals surface area (Å²) in [6.45, 7) is 3.41. The minimum atomic E-state index is 0.488. The molecule has 0 spiro atoms. The van der Waals surface area contributed by atoms with Gasteiger partial charge in [0.25, 0.3) is 0 Å². The van der Waals surface area contributed by atoms with E-state index in [-0.39, 0.29) is 0 Å². The van der Waals surface area contributed by atoms with Crippen LogP contribution in [0.5, 0.6) is 0 Å². The summed E-state index contributed by atoms with van der Waals surface area (Å²) >= 11 is 10.9. The Morgan fingerprint density at radius 1 is 1.40 bits per heavy atom. The smallest absolute Gasteiger partial charge is 0.194 e. The lowest BCUT2D eigenvalue weighted by Gasteiger charge is -2.08. The van der Waals surface area contributed by atoms with Crippen molar-refractivity contribution in [2.45, 2.75) is 13.5 Å². The van der Waals surface area contributed by atoms with Gasteiger partial charge in [-0.25, -0.2) is 9.98 Å². The van der Waals surface area contributed by atoms with Gasteiger partial charge in [-0.2, -0.15) is 0 Å². The van der Waals surface area contributed by atoms with Crippen molar-refractivity contribution in [2.24, 2.45) is 4.99 Å². The van der Waals surface area contributed by atoms with E-state index in [2.05, 4.69) is 15.3 Å². The second-order valence-electron chi connectivity index (χ2n) is 4.12. The van der Waals surface area contributed by atoms with Crippen molar-refractivity contribution < 1.29 is 0 Å². The van der Waals surface area contributed by atoms with E-state index in [4.69, 9.17) is 23.8 Å². The molecule has 2 rings (SSSR count). The van der Waals surface area contributed by atoms with Crippen LogP contribution in [0.1, 0.15) is 12.5 Å². The van der Waals surface area contributed by atoms with Crippen molar-refractivity contribution in [2.75, 3.05) is 6.54 Å². The first-order chi connectivity index (χ1) is 9.69. The fourth-order valence-electron chi connectivity index (χ4n) is 1.69. The van der Waals surface area contributed by atoms with E-state index in [9.17, 15) is 0 Å². The molecule has 2 heterocycles. The van der Waals surface area contributed by atoms with Gasteiger partial charge in [0.15, 0.2) is 5.11 Å². The van der Waals surface area contributed by atoms with Crippen LogP contribution in [0.25, 0.3) is 0 Å². The Balaban J connectivity index is 2.28. The normalized spacial score (nSPS) is 11.4. The minimum absolute atomic E-state index is 0.488. The monoisotopic (exact) mass is 306 g/mol. The van der Waals surface area contributed by atoms with Crippen LogP contribution >= 0.6 is 23.8 Å². The third kappa shape index (κ3) is 4.15. The van der Waals surface area contributed by atoms with Gasteiger partial charge in [0.1, 0.15) is 10.6 Å². The number of hydrogen-bond donors (Lipinski definition) is 1. The number of rotatable bonds is 3. The molecule has 0 aromatic carbocycles. The zero-order chi connectivity index (χ0) is 14.4. The van der Waals surface area contributed by atoms with Gasteiger partial charge < -0.3 is 9.88 Å². The van der Waals surface area contributed by atoms with Gasteiger partial charge in [-0.3, -0.25) is 0 Å². The largest absolute Gasteiger partial charge is 0.361 e. The molecule has 2 aromatic rings. The molecule has 0 fully saturated rings. The maximum absolute atomic E-state index is 5.79. The summed E-state index contributed by atoms with van der Waals surface area (Å²) in [4.78, 5) is 8.48. The van der Waals surface area contributed by atoms with Crippen molar-refractivity contribution in [3.8, 4) is 0 Å². The molecule has 0 aliphatic rings. The molecule has 0 bridgehead atoms. The summed E-state index contributed by atoms with van der Waals surface area (Å²) in [6, 6.07) is 9.54. The zero-order valence-electron chi connectivity index (χ0n) is 11.1. The van der Waals surface area contributed by atoms with Crippen LogP contribution in [-0.2, 0) is 6.54 Å². The molecule has 20 heavy (non-hydrogen) atoms. The zero-order valence-corrected chi connectivity index (χ0v) is 12.7. The number of thiocarbonyl (C=S) groups is 1. The third-order valence-corrected chi connectivity index (χ3v) is 3.06. The van der Waals surface area contributed by atoms with E-state index in [0.29, 0.717) is 16.8 Å². The predicted octanol–water partition coefficient (Wildman–Crippen LogP) is 2.38. The van der Waals surface area contributed by atoms with Crippen molar-refractivity contribution in [3.05, 3.63) is 58.9 Å². The molecule has 0 radical (unpaired) electrons. The Morgan fingerprint density at radius 3 is 2.95 bits per heavy atom. The van der Waals surface area contributed by atoms with Gasteiger partial charge in [-0.1, -0.05) is 23.7 Å². The number of hydrogen-bond acceptors (Lipinski definition) is 2. The molecular formula is C14H15ClN4S. The third-order valence-electron chi connectivity index (χ3n) is 2.60. The summed E-state index contributed by atoms with van der Waals surface area (Å²) in [5.74, 6) is 0. The highest BCUT2D eigenvalue weighted by Gasteiger charge is 1.98. The first kappa shape index (κ1) is 14.7. The maximum Gasteiger partial charge on any atom is 0.194 e. The van der Waals surface area contributed by atoms with E-state index < -0.39 is 0 Å². The Labute approximate surface area is 128 Å². The topological polar surface area (TPSA) is 42.2 Å². The number of nitrogens with zero attached hydrogens (tertiary/aromatic N) is 3. The average molecular weight is 307 g/mol. The summed E-state index contributed by atoms with van der Waals surface area (Å²) in [7, 11) is 0. The van der Waals surface area contributed by atoms with E-state index in [1.54, 1.807) is 12.3 Å². The molecule has 0 aliphatic carbocycles. The lowest BCUT2D eigenvalue weighted by atomic mass is 10.3. The number of aromatic nitrogens is 2. The van der Waals surface area contributed by atoms with E-state index >= 15 is 0 Å². The predicted molar refractivity (Wildman–Crippen MR) is 84.6 cm³/mol. The van der Waals surface area contributed by atoms with Gasteiger partial charge in [0.05, 0.1) is 6.54 Å². The molecule has 2 aromatic heterocycles. The Morgan fingerprint density at radius 2 is 2.25 bits per heavy atom. The van der Waals surface area contributed by atoms with Gasteiger partial charge in [0, 0.05) is 18.9 Å². The van der Waals surface area contributed by atoms with Crippen LogP contribution in [0.3, 0.4) is 0 Å². The fourth-order valence-corrected chi connectivity index (χ4v) is 2.04. The van der Waals surface area contributed by atoms with Gasteiger partial charge in [-0.15, -0.1) is 0 Å². The summed E-state index contributed by atoms with van der Waals surface area (Å²) in [5, 5.41) is 3.99. The van der Waals surface area contributed by atoms with Gasteiger partial charge >= 0.3 is 0 Å². The van der Waals surface area contributed by atoms with Crippen molar-refractivity contribution in [1.82, 2.24) is 14.9 Å². The quantitative estimate of drug-likeness (QED) is 0.699. The molecule has 0 atom stereocenters. The van der Waals surface area contributed by atoms with Crippen molar-refractivity contribution in [1.29, 1.82) is 0 Å². The highest BCUT2D eigenvalue weighted by Crippen LogP contribution is 2.05. The highest BCUT2D eigenvalue weighted by atomic mass is 35.5. The molecule has 1 N–H and O–H groups in total. The van der Waals surface area contributed by atoms with Crippen LogP contribution in [0.2, 0.25) is 5.15 Å². The number of nitrogens with one attached hydrogen (secondary N) is 1. The van der Waals surface area contributed by atoms with Gasteiger partial charge in [-0.05, 0) is 42.9 Å². The molecule has 0 unspecified atom stereocenters. The maximum atomic E-state index is 5.79. The average Bonchev–Trinajstić information content (AvgIpc) is 2.44. The standard InChI is InChI=1S/C14H15ClN4S/c1-2-16-14(20)18-13-5-3-4-8-19(13)10-11-6-7-12(15)17-9-11/h3-9H,2,10H2,1H3,(H,16,20). The van der Waals surface area contributed by atoms with Crippen LogP contribution in [0.15, 0.2) is 47.7 Å². The molecule has 6 heteroatoms. The second-order valence-corrected chi connectivity index (χ2v) is 4.90. The van der Waals surface area contributed by atoms with E-state index in [1.807, 2.05) is 42.0 Å². The molecule has 4 nitrogen and oxygen atoms in total. The lowest BCUT2D eigenvalue weighted by Crippen LogP contribution is -2.26. The Bertz CT molecular complexity index is 649. The highest BCUT2D eigenvalue weighted by molar-refractivity contribution is 7.80. The lowest BCUT2D eigenvalue weighted by molar-refractivity contribution is 0.741. The summed E-state index contributed by atoms with van der Waals surface area (Å²) in [6.07, 6.45) is 3.72. The molecule has 0 amide bonds. The van der Waals surface area contributed by atoms with Crippen molar-refractivity contribution >= 4 is 28.9 Å². The Hall–Kier alpha value is -1.72. The first-order valence-corrected chi connectivity index (χ1v) is 7.06. The second kappa shape index (κ2) is 7.17. The van der Waals surface area contributed by atoms with Crippen molar-refractivity contribution in [3.63, 3.8) is 0 Å². The van der Waals surface area contributed by atoms with E-state index in [0.717, 1.165) is 17.6 Å². The molecule has 0 saturated heterocycles. The van der Waals surface area contributed by atoms with Crippen LogP contribution < -0.4 is 10.8 Å². The molecular weight excluding hydrogens is 292 g/mol. The SMILES string of the molecule is CCNC(=S)N=c1ccccn1Cc1ccc(Cl)nc1. The molecule has 0 aliphatic heterocycles. The van der Waals surface area contributed by atoms with E-state index in [1.165, 1.54) is 0 Å². The van der Waals surface area contributed by atoms with Crippen LogP contribution in [0.4, 0.5) is 0 Å². The number of halogens is 1. The van der Waals surface area contributed by atoms with Gasteiger partial charge in [0.2, 0.25) is 0 Å². The van der Waals surface area contributed by atoms with Crippen LogP contribution in [-0.4, -0.2) is 21.2 Å². The number of pyridine rings is 2. The fraction of sp³-hybridized carbons (Fsp3) is 0.214. The molecule has 0 saturated carbocycles. The van der Waals surface area contributed by atoms with Crippen LogP contribution in [0, 0.1) is 0 Å².